The van der Waals surface area contributed by atoms with Gasteiger partial charge in [0, 0.05) is 15.8 Å². The highest BCUT2D eigenvalue weighted by molar-refractivity contribution is 7.12. The number of aromatic nitrogens is 2. The molecule has 0 aliphatic carbocycles. The topological polar surface area (TPSA) is 39.1 Å². The molecule has 4 nitrogen and oxygen atoms in total. The minimum atomic E-state index is 0.124. The summed E-state index contributed by atoms with van der Waals surface area (Å²) in [4.78, 5) is 2.61. The summed E-state index contributed by atoms with van der Waals surface area (Å²) < 4.78 is 7.56. The summed E-state index contributed by atoms with van der Waals surface area (Å²) in [7, 11) is 1.70. The van der Waals surface area contributed by atoms with Gasteiger partial charge in [-0.25, -0.2) is 0 Å². The van der Waals surface area contributed by atoms with E-state index in [0.717, 1.165) is 18.0 Å². The van der Waals surface area contributed by atoms with Crippen LogP contribution in [0.15, 0.2) is 18.3 Å². The molecule has 0 saturated heterocycles. The fourth-order valence-corrected chi connectivity index (χ4v) is 3.30. The second-order valence-electron chi connectivity index (χ2n) is 5.08. The van der Waals surface area contributed by atoms with Gasteiger partial charge in [0.1, 0.15) is 5.69 Å². The van der Waals surface area contributed by atoms with Crippen LogP contribution < -0.4 is 10.1 Å². The van der Waals surface area contributed by atoms with Gasteiger partial charge >= 0.3 is 0 Å². The maximum Gasteiger partial charge on any atom is 0.161 e. The molecule has 5 heteroatoms. The maximum absolute atomic E-state index is 5.51. The predicted molar refractivity (Wildman–Crippen MR) is 83.7 cm³/mol. The number of nitrogens with one attached hydrogen (secondary N) is 1. The van der Waals surface area contributed by atoms with Gasteiger partial charge in [0.05, 0.1) is 19.3 Å². The Morgan fingerprint density at radius 3 is 2.65 bits per heavy atom. The van der Waals surface area contributed by atoms with E-state index in [4.69, 9.17) is 4.74 Å². The van der Waals surface area contributed by atoms with Crippen molar-refractivity contribution in [2.75, 3.05) is 13.7 Å². The quantitative estimate of drug-likeness (QED) is 0.885. The lowest BCUT2D eigenvalue weighted by atomic mass is 10.1. The molecule has 0 amide bonds. The molecule has 0 radical (unpaired) electrons. The molecule has 0 bridgehead atoms. The van der Waals surface area contributed by atoms with Crippen molar-refractivity contribution in [1.82, 2.24) is 15.1 Å². The van der Waals surface area contributed by atoms with Gasteiger partial charge in [0.15, 0.2) is 5.75 Å². The lowest BCUT2D eigenvalue weighted by Crippen LogP contribution is -2.25. The standard InChI is InChI=1S/C15H23N3OS/c1-6-16-14(13-8-7-11(4)20-13)15-12(19-5)9-17-18(15)10(2)3/h7-10,14,16H,6H2,1-5H3. The van der Waals surface area contributed by atoms with Crippen LogP contribution in [0.1, 0.15) is 48.3 Å². The van der Waals surface area contributed by atoms with E-state index in [1.165, 1.54) is 9.75 Å². The molecular weight excluding hydrogens is 270 g/mol. The fraction of sp³-hybridized carbons (Fsp3) is 0.533. The molecular formula is C15H23N3OS. The second kappa shape index (κ2) is 6.41. The summed E-state index contributed by atoms with van der Waals surface area (Å²) in [5, 5.41) is 8.03. The van der Waals surface area contributed by atoms with Crippen LogP contribution in [0, 0.1) is 6.92 Å². The summed E-state index contributed by atoms with van der Waals surface area (Å²) in [5.41, 5.74) is 1.10. The van der Waals surface area contributed by atoms with Gasteiger partial charge in [-0.15, -0.1) is 11.3 Å². The number of aryl methyl sites for hydroxylation is 1. The molecule has 2 aromatic rings. The third-order valence-electron chi connectivity index (χ3n) is 3.24. The van der Waals surface area contributed by atoms with Crippen LogP contribution in [0.25, 0.3) is 0 Å². The van der Waals surface area contributed by atoms with Gasteiger partial charge in [0.2, 0.25) is 0 Å². The molecule has 2 rings (SSSR count). The number of hydrogen-bond donors (Lipinski definition) is 1. The first-order valence-electron chi connectivity index (χ1n) is 6.99. The van der Waals surface area contributed by atoms with Crippen LogP contribution in [0.4, 0.5) is 0 Å². The number of rotatable bonds is 6. The predicted octanol–water partition coefficient (Wildman–Crippen LogP) is 3.54. The normalized spacial score (nSPS) is 12.9. The molecule has 2 heterocycles. The van der Waals surface area contributed by atoms with Gasteiger partial charge in [-0.1, -0.05) is 6.92 Å². The van der Waals surface area contributed by atoms with E-state index < -0.39 is 0 Å². The highest BCUT2D eigenvalue weighted by Crippen LogP contribution is 2.34. The van der Waals surface area contributed by atoms with Gasteiger partial charge in [-0.3, -0.25) is 4.68 Å². The molecule has 0 fully saturated rings. The zero-order valence-electron chi connectivity index (χ0n) is 12.8. The van der Waals surface area contributed by atoms with E-state index in [0.29, 0.717) is 6.04 Å². The number of ether oxygens (including phenoxy) is 1. The van der Waals surface area contributed by atoms with E-state index in [2.05, 4.69) is 50.2 Å². The Morgan fingerprint density at radius 1 is 1.40 bits per heavy atom. The number of hydrogen-bond acceptors (Lipinski definition) is 4. The van der Waals surface area contributed by atoms with E-state index >= 15 is 0 Å². The molecule has 0 spiro atoms. The minimum absolute atomic E-state index is 0.124. The van der Waals surface area contributed by atoms with Crippen LogP contribution in [0.3, 0.4) is 0 Å². The van der Waals surface area contributed by atoms with Crippen molar-refractivity contribution in [3.05, 3.63) is 33.8 Å². The summed E-state index contributed by atoms with van der Waals surface area (Å²) in [6.07, 6.45) is 1.81. The molecule has 0 aliphatic heterocycles. The summed E-state index contributed by atoms with van der Waals surface area (Å²) >= 11 is 1.81. The van der Waals surface area contributed by atoms with Crippen molar-refractivity contribution >= 4 is 11.3 Å². The van der Waals surface area contributed by atoms with E-state index in [1.807, 2.05) is 16.0 Å². The Labute approximate surface area is 124 Å². The third kappa shape index (κ3) is 2.88. The largest absolute Gasteiger partial charge is 0.493 e. The number of methoxy groups -OCH3 is 1. The molecule has 0 aromatic carbocycles. The van der Waals surface area contributed by atoms with Gasteiger partial charge in [-0.05, 0) is 39.4 Å². The van der Waals surface area contributed by atoms with E-state index in [-0.39, 0.29) is 6.04 Å². The molecule has 20 heavy (non-hydrogen) atoms. The van der Waals surface area contributed by atoms with Crippen LogP contribution in [0.2, 0.25) is 0 Å². The molecule has 1 atom stereocenters. The first-order chi connectivity index (χ1) is 9.58. The molecule has 110 valence electrons. The fourth-order valence-electron chi connectivity index (χ4n) is 2.34. The first kappa shape index (κ1) is 15.1. The lowest BCUT2D eigenvalue weighted by molar-refractivity contribution is 0.395. The summed E-state index contributed by atoms with van der Waals surface area (Å²) in [6.45, 7) is 9.43. The van der Waals surface area contributed by atoms with Crippen molar-refractivity contribution in [2.45, 2.75) is 39.8 Å². The van der Waals surface area contributed by atoms with E-state index in [9.17, 15) is 0 Å². The highest BCUT2D eigenvalue weighted by Gasteiger charge is 2.25. The van der Waals surface area contributed by atoms with E-state index in [1.54, 1.807) is 13.3 Å². The van der Waals surface area contributed by atoms with Crippen LogP contribution in [-0.2, 0) is 0 Å². The molecule has 1 unspecified atom stereocenters. The second-order valence-corrected chi connectivity index (χ2v) is 6.40. The number of thiophene rings is 1. The van der Waals surface area contributed by atoms with Crippen molar-refractivity contribution in [3.8, 4) is 5.75 Å². The van der Waals surface area contributed by atoms with Crippen LogP contribution >= 0.6 is 11.3 Å². The lowest BCUT2D eigenvalue weighted by Gasteiger charge is -2.21. The zero-order chi connectivity index (χ0) is 14.7. The molecule has 1 N–H and O–H groups in total. The summed E-state index contributed by atoms with van der Waals surface area (Å²) in [6, 6.07) is 4.77. The van der Waals surface area contributed by atoms with Crippen molar-refractivity contribution in [3.63, 3.8) is 0 Å². The van der Waals surface area contributed by atoms with Gasteiger partial charge in [0.25, 0.3) is 0 Å². The Bertz CT molecular complexity index is 559. The first-order valence-corrected chi connectivity index (χ1v) is 7.81. The average molecular weight is 293 g/mol. The Hall–Kier alpha value is -1.33. The monoisotopic (exact) mass is 293 g/mol. The number of nitrogens with zero attached hydrogens (tertiary/aromatic N) is 2. The molecule has 2 aromatic heterocycles. The Morgan fingerprint density at radius 2 is 2.15 bits per heavy atom. The SMILES string of the molecule is CCNC(c1ccc(C)s1)c1c(OC)cnn1C(C)C. The average Bonchev–Trinajstić information content (AvgIpc) is 3.01. The zero-order valence-corrected chi connectivity index (χ0v) is 13.6. The molecule has 0 aliphatic rings. The third-order valence-corrected chi connectivity index (χ3v) is 4.30. The Balaban J connectivity index is 2.50. The van der Waals surface area contributed by atoms with Crippen molar-refractivity contribution < 1.29 is 4.74 Å². The smallest absolute Gasteiger partial charge is 0.161 e. The van der Waals surface area contributed by atoms with Crippen molar-refractivity contribution in [2.24, 2.45) is 0 Å². The van der Waals surface area contributed by atoms with Gasteiger partial charge in [-0.2, -0.15) is 5.10 Å². The summed E-state index contributed by atoms with van der Waals surface area (Å²) in [5.74, 6) is 0.843. The van der Waals surface area contributed by atoms with Crippen LogP contribution in [-0.4, -0.2) is 23.4 Å². The molecule has 0 saturated carbocycles. The Kier molecular flexibility index (Phi) is 4.83. The minimum Gasteiger partial charge on any atom is -0.493 e. The highest BCUT2D eigenvalue weighted by atomic mass is 32.1. The van der Waals surface area contributed by atoms with Gasteiger partial charge < -0.3 is 10.1 Å². The van der Waals surface area contributed by atoms with Crippen molar-refractivity contribution in [1.29, 1.82) is 0 Å². The maximum atomic E-state index is 5.51. The van der Waals surface area contributed by atoms with Crippen LogP contribution in [0.5, 0.6) is 5.75 Å².